The molecule has 13 heteroatoms. The molecule has 4 rings (SSSR count). The summed E-state index contributed by atoms with van der Waals surface area (Å²) in [4.78, 5) is 16.2. The lowest BCUT2D eigenvalue weighted by Crippen LogP contribution is -2.60. The van der Waals surface area contributed by atoms with Gasteiger partial charge in [-0.05, 0) is 87.8 Å². The average Bonchev–Trinajstić information content (AvgIpc) is 3.36. The van der Waals surface area contributed by atoms with Gasteiger partial charge in [-0.25, -0.2) is 0 Å². The molecule has 0 aromatic rings. The zero-order valence-electron chi connectivity index (χ0n) is 33.0. The lowest BCUT2D eigenvalue weighted by Gasteiger charge is -2.48. The third-order valence-corrected chi connectivity index (χ3v) is 12.2. The van der Waals surface area contributed by atoms with Gasteiger partial charge < -0.3 is 54.0 Å². The van der Waals surface area contributed by atoms with Gasteiger partial charge in [0.15, 0.2) is 12.6 Å². The number of carbonyl (C=O) groups is 1. The number of aliphatic hydroxyl groups is 5. The number of carbonyl (C=O) groups excluding carboxylic acids is 1. The number of esters is 1. The number of hydrogen-bond donors (Lipinski definition) is 5. The number of cyclic esters (lactones) is 1. The van der Waals surface area contributed by atoms with E-state index < -0.39 is 95.8 Å². The molecule has 17 unspecified atom stereocenters. The van der Waals surface area contributed by atoms with E-state index in [0.29, 0.717) is 18.6 Å². The van der Waals surface area contributed by atoms with Crippen LogP contribution in [0.15, 0.2) is 11.3 Å². The zero-order chi connectivity index (χ0) is 38.5. The topological polar surface area (TPSA) is 177 Å². The lowest BCUT2D eigenvalue weighted by atomic mass is 9.78. The smallest absolute Gasteiger partial charge is 0.311 e. The summed E-state index contributed by atoms with van der Waals surface area (Å²) in [5.41, 5.74) is -3.61. The molecule has 0 radical (unpaired) electrons. The first-order valence-corrected chi connectivity index (χ1v) is 18.9. The summed E-state index contributed by atoms with van der Waals surface area (Å²) >= 11 is 0. The molecule has 13 nitrogen and oxygen atoms in total. The predicted octanol–water partition coefficient (Wildman–Crippen LogP) is 3.02. The van der Waals surface area contributed by atoms with Gasteiger partial charge in [0.1, 0.15) is 41.4 Å². The predicted molar refractivity (Wildman–Crippen MR) is 188 cm³/mol. The van der Waals surface area contributed by atoms with Crippen molar-refractivity contribution in [3.63, 3.8) is 0 Å². The molecule has 51 heavy (non-hydrogen) atoms. The van der Waals surface area contributed by atoms with Crippen LogP contribution in [0.3, 0.4) is 0 Å². The van der Waals surface area contributed by atoms with Crippen molar-refractivity contribution in [3.8, 4) is 0 Å². The molecular weight excluding hydrogens is 662 g/mol. The second kappa shape index (κ2) is 15.8. The van der Waals surface area contributed by atoms with Crippen LogP contribution < -0.4 is 0 Å². The SMILES string of the molecule is CCC1OC(=O)C(C)C(OC2CC(C)(O)C(O)C(C)O2)C(C)C(OC2OC(C)CC(N(C)C(C)C)C2O)C2(C)CC(C)=C(O2)C(C)C(O)C1(C)O. The van der Waals surface area contributed by atoms with Crippen LogP contribution in [0.25, 0.3) is 0 Å². The lowest BCUT2D eigenvalue weighted by molar-refractivity contribution is -0.316. The van der Waals surface area contributed by atoms with Gasteiger partial charge in [0.25, 0.3) is 0 Å². The highest BCUT2D eigenvalue weighted by Crippen LogP contribution is 2.47. The van der Waals surface area contributed by atoms with Gasteiger partial charge in [-0.3, -0.25) is 9.69 Å². The Morgan fingerprint density at radius 2 is 1.59 bits per heavy atom. The van der Waals surface area contributed by atoms with E-state index in [1.54, 1.807) is 27.7 Å². The van der Waals surface area contributed by atoms with Crippen LogP contribution in [-0.2, 0) is 33.2 Å². The van der Waals surface area contributed by atoms with E-state index in [2.05, 4.69) is 18.7 Å². The summed E-state index contributed by atoms with van der Waals surface area (Å²) in [7, 11) is 1.97. The van der Waals surface area contributed by atoms with Crippen LogP contribution in [0.2, 0.25) is 0 Å². The van der Waals surface area contributed by atoms with Gasteiger partial charge in [0, 0.05) is 36.8 Å². The van der Waals surface area contributed by atoms with Gasteiger partial charge >= 0.3 is 5.97 Å². The standard InChI is InChI=1S/C38H67NO12/c1-14-26-38(12,45)31(41)21(6)29-19(4)16-37(11,51-29)33(50-35-28(40)25(15-20(5)46-35)39(13)18(2)3)22(7)30(23(8)34(43)48-26)49-27-17-36(10,44)32(42)24(9)47-27/h18,20-28,30-33,35,40-42,44-45H,14-17H2,1-13H3. The van der Waals surface area contributed by atoms with Gasteiger partial charge in [-0.15, -0.1) is 0 Å². The number of likely N-dealkylation sites (N-methyl/N-ethyl adjacent to an activating group) is 1. The Labute approximate surface area is 304 Å². The largest absolute Gasteiger partial charge is 0.489 e. The van der Waals surface area contributed by atoms with Crippen LogP contribution in [0, 0.1) is 17.8 Å². The minimum Gasteiger partial charge on any atom is -0.489 e. The van der Waals surface area contributed by atoms with Crippen LogP contribution >= 0.6 is 0 Å². The Morgan fingerprint density at radius 1 is 0.961 bits per heavy atom. The number of ether oxygens (including phenoxy) is 6. The third-order valence-electron chi connectivity index (χ3n) is 12.2. The summed E-state index contributed by atoms with van der Waals surface area (Å²) < 4.78 is 38.7. The van der Waals surface area contributed by atoms with E-state index in [9.17, 15) is 30.3 Å². The number of nitrogens with zero attached hydrogens (tertiary/aromatic N) is 1. The van der Waals surface area contributed by atoms with E-state index in [1.807, 2.05) is 34.7 Å². The van der Waals surface area contributed by atoms with E-state index in [1.165, 1.54) is 13.8 Å². The van der Waals surface area contributed by atoms with Crippen molar-refractivity contribution >= 4 is 5.97 Å². The number of hydrogen-bond acceptors (Lipinski definition) is 13. The second-order valence-corrected chi connectivity index (χ2v) is 17.0. The highest BCUT2D eigenvalue weighted by Gasteiger charge is 2.56. The first-order valence-electron chi connectivity index (χ1n) is 18.9. The van der Waals surface area contributed by atoms with E-state index in [0.717, 1.165) is 5.57 Å². The maximum Gasteiger partial charge on any atom is 0.311 e. The van der Waals surface area contributed by atoms with Gasteiger partial charge in [0.2, 0.25) is 0 Å². The van der Waals surface area contributed by atoms with E-state index in [-0.39, 0.29) is 31.0 Å². The fourth-order valence-corrected chi connectivity index (χ4v) is 8.81. The van der Waals surface area contributed by atoms with E-state index in [4.69, 9.17) is 28.4 Å². The fraction of sp³-hybridized carbons (Fsp3) is 0.921. The highest BCUT2D eigenvalue weighted by atomic mass is 16.7. The highest BCUT2D eigenvalue weighted by molar-refractivity contribution is 5.73. The molecule has 0 aromatic carbocycles. The van der Waals surface area contributed by atoms with Gasteiger partial charge in [-0.2, -0.15) is 0 Å². The average molecular weight is 730 g/mol. The van der Waals surface area contributed by atoms with Crippen molar-refractivity contribution in [1.29, 1.82) is 0 Å². The minimum atomic E-state index is -1.84. The van der Waals surface area contributed by atoms with Crippen molar-refractivity contribution in [2.75, 3.05) is 7.05 Å². The first kappa shape index (κ1) is 42.4. The molecule has 0 aliphatic carbocycles. The molecule has 17 atom stereocenters. The van der Waals surface area contributed by atoms with Crippen LogP contribution in [-0.4, -0.2) is 134 Å². The Morgan fingerprint density at radius 3 is 2.16 bits per heavy atom. The van der Waals surface area contributed by atoms with Gasteiger partial charge in [-0.1, -0.05) is 20.8 Å². The third kappa shape index (κ3) is 8.48. The van der Waals surface area contributed by atoms with Crippen LogP contribution in [0.5, 0.6) is 0 Å². The Bertz CT molecular complexity index is 1240. The normalized spacial score (nSPS) is 48.9. The molecule has 4 heterocycles. The molecule has 3 fully saturated rings. The van der Waals surface area contributed by atoms with Crippen LogP contribution in [0.4, 0.5) is 0 Å². The van der Waals surface area contributed by atoms with E-state index >= 15 is 0 Å². The molecule has 0 spiro atoms. The minimum absolute atomic E-state index is 0.0746. The summed E-state index contributed by atoms with van der Waals surface area (Å²) in [5.74, 6) is -2.47. The molecule has 4 aliphatic heterocycles. The molecule has 0 amide bonds. The van der Waals surface area contributed by atoms with Crippen molar-refractivity contribution < 1.29 is 58.7 Å². The molecule has 2 bridgehead atoms. The monoisotopic (exact) mass is 729 g/mol. The molecule has 5 N–H and O–H groups in total. The summed E-state index contributed by atoms with van der Waals surface area (Å²) in [6.45, 7) is 21.6. The molecular formula is C38H67NO12. The first-order chi connectivity index (χ1) is 23.5. The number of aliphatic hydroxyl groups excluding tert-OH is 3. The van der Waals surface area contributed by atoms with Gasteiger partial charge in [0.05, 0.1) is 35.9 Å². The summed E-state index contributed by atoms with van der Waals surface area (Å²) in [5, 5.41) is 56.9. The second-order valence-electron chi connectivity index (χ2n) is 17.0. The Kier molecular flexibility index (Phi) is 13.1. The number of rotatable bonds is 7. The zero-order valence-corrected chi connectivity index (χ0v) is 33.0. The number of fused-ring (bicyclic) bond motifs is 2. The molecule has 0 aromatic heterocycles. The summed E-state index contributed by atoms with van der Waals surface area (Å²) in [6, 6.07) is -0.105. The summed E-state index contributed by atoms with van der Waals surface area (Å²) in [6.07, 6.45) is -8.41. The molecule has 4 aliphatic rings. The van der Waals surface area contributed by atoms with Crippen molar-refractivity contribution in [2.24, 2.45) is 17.8 Å². The van der Waals surface area contributed by atoms with Crippen molar-refractivity contribution in [2.45, 2.75) is 199 Å². The van der Waals surface area contributed by atoms with Crippen LogP contribution in [0.1, 0.15) is 109 Å². The molecule has 3 saturated heterocycles. The fourth-order valence-electron chi connectivity index (χ4n) is 8.81. The Balaban J connectivity index is 1.83. The quantitative estimate of drug-likeness (QED) is 0.242. The maximum absolute atomic E-state index is 14.1. The Hall–Kier alpha value is -1.39. The van der Waals surface area contributed by atoms with Crippen molar-refractivity contribution in [3.05, 3.63) is 11.3 Å². The van der Waals surface area contributed by atoms with Crippen molar-refractivity contribution in [1.82, 2.24) is 4.90 Å². The maximum atomic E-state index is 14.1. The molecule has 0 saturated carbocycles. The molecule has 296 valence electrons.